The molecule has 0 saturated carbocycles. The number of halogens is 2. The van der Waals surface area contributed by atoms with E-state index in [2.05, 4.69) is 15.3 Å². The third kappa shape index (κ3) is 2.57. The Labute approximate surface area is 149 Å². The van der Waals surface area contributed by atoms with Crippen LogP contribution in [0.3, 0.4) is 0 Å². The van der Waals surface area contributed by atoms with Crippen molar-refractivity contribution in [2.24, 2.45) is 0 Å². The normalized spacial score (nSPS) is 12.8. The first kappa shape index (κ1) is 15.2. The SMILES string of the molecule is Fc1cc(F)cc(Cc2nn3c(-c4ccc5c(c4)OCO5)nnc3s2)c1. The second-order valence-corrected chi connectivity index (χ2v) is 6.78. The molecular weight excluding hydrogens is 362 g/mol. The summed E-state index contributed by atoms with van der Waals surface area (Å²) in [7, 11) is 0. The van der Waals surface area contributed by atoms with Gasteiger partial charge in [0.25, 0.3) is 0 Å². The van der Waals surface area contributed by atoms with Crippen LogP contribution in [-0.2, 0) is 6.42 Å². The third-order valence-electron chi connectivity index (χ3n) is 3.94. The van der Waals surface area contributed by atoms with Gasteiger partial charge in [-0.15, -0.1) is 10.2 Å². The highest BCUT2D eigenvalue weighted by atomic mass is 32.1. The molecule has 0 saturated heterocycles. The number of fused-ring (bicyclic) bond motifs is 2. The first-order chi connectivity index (χ1) is 12.7. The first-order valence-corrected chi connectivity index (χ1v) is 8.53. The summed E-state index contributed by atoms with van der Waals surface area (Å²) in [6.07, 6.45) is 0.309. The Bertz CT molecular complexity index is 1120. The van der Waals surface area contributed by atoms with Gasteiger partial charge in [0.2, 0.25) is 11.8 Å². The molecule has 4 aromatic rings. The molecule has 26 heavy (non-hydrogen) atoms. The third-order valence-corrected chi connectivity index (χ3v) is 4.84. The lowest BCUT2D eigenvalue weighted by atomic mass is 10.1. The Balaban J connectivity index is 1.51. The Morgan fingerprint density at radius 2 is 1.81 bits per heavy atom. The predicted molar refractivity (Wildman–Crippen MR) is 89.4 cm³/mol. The Kier molecular flexibility index (Phi) is 3.35. The molecule has 0 bridgehead atoms. The molecule has 0 spiro atoms. The van der Waals surface area contributed by atoms with Crippen LogP contribution in [0.15, 0.2) is 36.4 Å². The summed E-state index contributed by atoms with van der Waals surface area (Å²) in [4.78, 5) is 0.601. The van der Waals surface area contributed by atoms with Crippen LogP contribution >= 0.6 is 11.3 Å². The highest BCUT2D eigenvalue weighted by Gasteiger charge is 2.18. The summed E-state index contributed by atoms with van der Waals surface area (Å²) in [5.41, 5.74) is 1.30. The standard InChI is InChI=1S/C17H10F2N4O2S/c18-11-3-9(4-12(19)7-11)5-15-22-23-16(20-21-17(23)26-15)10-1-2-13-14(6-10)25-8-24-13/h1-4,6-7H,5,8H2. The minimum atomic E-state index is -0.607. The molecule has 0 fully saturated rings. The van der Waals surface area contributed by atoms with E-state index in [0.29, 0.717) is 39.3 Å². The van der Waals surface area contributed by atoms with Gasteiger partial charge in [0.15, 0.2) is 17.3 Å². The fourth-order valence-electron chi connectivity index (χ4n) is 2.83. The van der Waals surface area contributed by atoms with Crippen molar-refractivity contribution in [3.05, 3.63) is 58.6 Å². The molecule has 2 aromatic heterocycles. The topological polar surface area (TPSA) is 61.5 Å². The highest BCUT2D eigenvalue weighted by molar-refractivity contribution is 7.16. The van der Waals surface area contributed by atoms with E-state index in [-0.39, 0.29) is 6.79 Å². The lowest BCUT2D eigenvalue weighted by Crippen LogP contribution is -1.95. The first-order valence-electron chi connectivity index (χ1n) is 7.72. The van der Waals surface area contributed by atoms with Gasteiger partial charge in [0.05, 0.1) is 0 Å². The Morgan fingerprint density at radius 1 is 1.00 bits per heavy atom. The summed E-state index contributed by atoms with van der Waals surface area (Å²) < 4.78 is 39.0. The minimum absolute atomic E-state index is 0.194. The molecule has 6 nitrogen and oxygen atoms in total. The molecule has 3 heterocycles. The number of rotatable bonds is 3. The van der Waals surface area contributed by atoms with Crippen molar-refractivity contribution in [1.82, 2.24) is 19.8 Å². The van der Waals surface area contributed by atoms with Crippen molar-refractivity contribution in [3.8, 4) is 22.9 Å². The fourth-order valence-corrected chi connectivity index (χ4v) is 3.70. The van der Waals surface area contributed by atoms with Crippen LogP contribution in [0, 0.1) is 11.6 Å². The molecule has 0 radical (unpaired) electrons. The molecule has 0 N–H and O–H groups in total. The number of hydrogen-bond acceptors (Lipinski definition) is 6. The van der Waals surface area contributed by atoms with Crippen molar-refractivity contribution in [2.45, 2.75) is 6.42 Å². The van der Waals surface area contributed by atoms with E-state index in [1.54, 1.807) is 4.52 Å². The summed E-state index contributed by atoms with van der Waals surface area (Å²) >= 11 is 1.32. The van der Waals surface area contributed by atoms with Crippen molar-refractivity contribution < 1.29 is 18.3 Å². The molecule has 5 rings (SSSR count). The number of nitrogens with zero attached hydrogens (tertiary/aromatic N) is 4. The van der Waals surface area contributed by atoms with Gasteiger partial charge in [-0.25, -0.2) is 8.78 Å². The molecule has 0 unspecified atom stereocenters. The van der Waals surface area contributed by atoms with Crippen molar-refractivity contribution in [3.63, 3.8) is 0 Å². The average molecular weight is 372 g/mol. The predicted octanol–water partition coefficient (Wildman–Crippen LogP) is 3.45. The number of ether oxygens (including phenoxy) is 2. The second kappa shape index (κ2) is 5.73. The maximum atomic E-state index is 13.4. The van der Waals surface area contributed by atoms with E-state index >= 15 is 0 Å². The summed E-state index contributed by atoms with van der Waals surface area (Å²) in [6, 6.07) is 8.92. The molecule has 1 aliphatic rings. The van der Waals surface area contributed by atoms with E-state index in [0.717, 1.165) is 11.6 Å². The second-order valence-electron chi connectivity index (χ2n) is 5.74. The molecule has 0 amide bonds. The summed E-state index contributed by atoms with van der Waals surface area (Å²) in [5.74, 6) is 0.672. The maximum absolute atomic E-state index is 13.4. The lowest BCUT2D eigenvalue weighted by Gasteiger charge is -2.00. The van der Waals surface area contributed by atoms with E-state index in [4.69, 9.17) is 9.47 Å². The van der Waals surface area contributed by atoms with Gasteiger partial charge < -0.3 is 9.47 Å². The zero-order valence-corrected chi connectivity index (χ0v) is 14.0. The van der Waals surface area contributed by atoms with Crippen LogP contribution in [0.5, 0.6) is 11.5 Å². The van der Waals surface area contributed by atoms with Crippen molar-refractivity contribution in [2.75, 3.05) is 6.79 Å². The van der Waals surface area contributed by atoms with Gasteiger partial charge in [-0.05, 0) is 35.9 Å². The highest BCUT2D eigenvalue weighted by Crippen LogP contribution is 2.35. The van der Waals surface area contributed by atoms with Gasteiger partial charge in [0, 0.05) is 18.1 Å². The quantitative estimate of drug-likeness (QED) is 0.551. The largest absolute Gasteiger partial charge is 0.454 e. The van der Waals surface area contributed by atoms with Gasteiger partial charge in [-0.2, -0.15) is 9.61 Å². The molecule has 130 valence electrons. The van der Waals surface area contributed by atoms with Crippen LogP contribution < -0.4 is 9.47 Å². The van der Waals surface area contributed by atoms with Crippen LogP contribution in [0.25, 0.3) is 16.3 Å². The van der Waals surface area contributed by atoms with Gasteiger partial charge in [-0.1, -0.05) is 11.3 Å². The zero-order valence-electron chi connectivity index (χ0n) is 13.1. The smallest absolute Gasteiger partial charge is 0.234 e. The minimum Gasteiger partial charge on any atom is -0.454 e. The Morgan fingerprint density at radius 3 is 2.65 bits per heavy atom. The van der Waals surface area contributed by atoms with Gasteiger partial charge in [0.1, 0.15) is 16.6 Å². The average Bonchev–Trinajstić information content (AvgIpc) is 3.27. The molecule has 9 heteroatoms. The fraction of sp³-hybridized carbons (Fsp3) is 0.118. The molecule has 2 aromatic carbocycles. The van der Waals surface area contributed by atoms with Crippen LogP contribution in [0.2, 0.25) is 0 Å². The van der Waals surface area contributed by atoms with Gasteiger partial charge >= 0.3 is 0 Å². The van der Waals surface area contributed by atoms with Crippen molar-refractivity contribution >= 4 is 16.3 Å². The van der Waals surface area contributed by atoms with E-state index < -0.39 is 11.6 Å². The maximum Gasteiger partial charge on any atom is 0.234 e. The van der Waals surface area contributed by atoms with E-state index in [1.807, 2.05) is 18.2 Å². The Hall–Kier alpha value is -3.07. The number of aromatic nitrogens is 4. The zero-order chi connectivity index (χ0) is 17.7. The van der Waals surface area contributed by atoms with Gasteiger partial charge in [-0.3, -0.25) is 0 Å². The monoisotopic (exact) mass is 372 g/mol. The van der Waals surface area contributed by atoms with Crippen molar-refractivity contribution in [1.29, 1.82) is 0 Å². The molecule has 0 atom stereocenters. The van der Waals surface area contributed by atoms with Crippen LogP contribution in [0.1, 0.15) is 10.6 Å². The van der Waals surface area contributed by atoms with E-state index in [9.17, 15) is 8.78 Å². The molecule has 1 aliphatic heterocycles. The number of hydrogen-bond donors (Lipinski definition) is 0. The molecular formula is C17H10F2N4O2S. The summed E-state index contributed by atoms with van der Waals surface area (Å²) in [6.45, 7) is 0.194. The van der Waals surface area contributed by atoms with Crippen LogP contribution in [-0.4, -0.2) is 26.6 Å². The summed E-state index contributed by atoms with van der Waals surface area (Å²) in [5, 5.41) is 13.5. The molecule has 0 aliphatic carbocycles. The number of benzene rings is 2. The van der Waals surface area contributed by atoms with Crippen LogP contribution in [0.4, 0.5) is 8.78 Å². The van der Waals surface area contributed by atoms with E-state index in [1.165, 1.54) is 23.5 Å². The lowest BCUT2D eigenvalue weighted by molar-refractivity contribution is 0.174.